The van der Waals surface area contributed by atoms with Crippen molar-refractivity contribution in [2.75, 3.05) is 52.5 Å². The summed E-state index contributed by atoms with van der Waals surface area (Å²) in [7, 11) is 0. The molecule has 0 unspecified atom stereocenters. The molecule has 0 bridgehead atoms. The molecule has 1 aromatic heterocycles. The number of hydrogen-bond acceptors (Lipinski definition) is 5. The van der Waals surface area contributed by atoms with E-state index in [0.29, 0.717) is 19.8 Å². The van der Waals surface area contributed by atoms with E-state index in [-0.39, 0.29) is 12.0 Å². The number of fused-ring (bicyclic) bond motifs is 1. The molecule has 2 aliphatic heterocycles. The molecule has 4 rings (SSSR count). The molecular weight excluding hydrogens is 324 g/mol. The molecule has 0 aliphatic carbocycles. The van der Waals surface area contributed by atoms with Gasteiger partial charge in [0.1, 0.15) is 0 Å². The standard InChI is InChI=1S/C18H22N2O3S/c21-18(17-11-14-3-1-2-4-16(14)24-17)20-7-5-19(6-8-20)12-15-13-22-9-10-23-15/h1-4,11,15H,5-10,12-13H2/t15-/m0/s1. The largest absolute Gasteiger partial charge is 0.376 e. The Labute approximate surface area is 145 Å². The van der Waals surface area contributed by atoms with E-state index in [1.165, 1.54) is 4.70 Å². The van der Waals surface area contributed by atoms with Gasteiger partial charge >= 0.3 is 0 Å². The van der Waals surface area contributed by atoms with Gasteiger partial charge in [0.15, 0.2) is 0 Å². The molecule has 1 amide bonds. The van der Waals surface area contributed by atoms with E-state index in [4.69, 9.17) is 9.47 Å². The van der Waals surface area contributed by atoms with Crippen molar-refractivity contribution in [3.8, 4) is 0 Å². The molecular formula is C18H22N2O3S. The number of ether oxygens (including phenoxy) is 2. The Bertz CT molecular complexity index is 670. The van der Waals surface area contributed by atoms with Gasteiger partial charge < -0.3 is 14.4 Å². The Morgan fingerprint density at radius 1 is 1.17 bits per heavy atom. The van der Waals surface area contributed by atoms with Crippen molar-refractivity contribution in [1.82, 2.24) is 9.80 Å². The van der Waals surface area contributed by atoms with Crippen LogP contribution in [0.2, 0.25) is 0 Å². The first kappa shape index (κ1) is 16.0. The quantitative estimate of drug-likeness (QED) is 0.853. The predicted molar refractivity (Wildman–Crippen MR) is 94.7 cm³/mol. The molecule has 128 valence electrons. The summed E-state index contributed by atoms with van der Waals surface area (Å²) in [5, 5.41) is 1.15. The van der Waals surface area contributed by atoms with Crippen molar-refractivity contribution in [2.45, 2.75) is 6.10 Å². The minimum Gasteiger partial charge on any atom is -0.376 e. The monoisotopic (exact) mass is 346 g/mol. The van der Waals surface area contributed by atoms with Crippen LogP contribution in [0.1, 0.15) is 9.67 Å². The van der Waals surface area contributed by atoms with Gasteiger partial charge in [-0.3, -0.25) is 9.69 Å². The van der Waals surface area contributed by atoms with Gasteiger partial charge in [-0.1, -0.05) is 18.2 Å². The van der Waals surface area contributed by atoms with Crippen LogP contribution in [-0.4, -0.2) is 74.4 Å². The third-order valence-corrected chi connectivity index (χ3v) is 5.75. The van der Waals surface area contributed by atoms with E-state index >= 15 is 0 Å². The van der Waals surface area contributed by atoms with Crippen LogP contribution in [0.4, 0.5) is 0 Å². The van der Waals surface area contributed by atoms with Crippen molar-refractivity contribution >= 4 is 27.3 Å². The molecule has 0 radical (unpaired) electrons. The minimum atomic E-state index is 0.160. The lowest BCUT2D eigenvalue weighted by Crippen LogP contribution is -2.51. The highest BCUT2D eigenvalue weighted by atomic mass is 32.1. The zero-order valence-corrected chi connectivity index (χ0v) is 14.5. The lowest BCUT2D eigenvalue weighted by molar-refractivity contribution is -0.0994. The SMILES string of the molecule is O=C(c1cc2ccccc2s1)N1CCN(C[C@H]2COCCO2)CC1. The van der Waals surface area contributed by atoms with Crippen LogP contribution < -0.4 is 0 Å². The molecule has 2 fully saturated rings. The second-order valence-corrected chi connectivity index (χ2v) is 7.39. The van der Waals surface area contributed by atoms with Crippen molar-refractivity contribution in [3.05, 3.63) is 35.2 Å². The molecule has 1 atom stereocenters. The van der Waals surface area contributed by atoms with Crippen LogP contribution in [-0.2, 0) is 9.47 Å². The van der Waals surface area contributed by atoms with Crippen LogP contribution >= 0.6 is 11.3 Å². The lowest BCUT2D eigenvalue weighted by Gasteiger charge is -2.36. The highest BCUT2D eigenvalue weighted by molar-refractivity contribution is 7.20. The highest BCUT2D eigenvalue weighted by Gasteiger charge is 2.25. The fourth-order valence-corrected chi connectivity index (χ4v) is 4.34. The van der Waals surface area contributed by atoms with Crippen molar-refractivity contribution in [3.63, 3.8) is 0 Å². The third-order valence-electron chi connectivity index (χ3n) is 4.64. The molecule has 2 aliphatic rings. The van der Waals surface area contributed by atoms with E-state index in [0.717, 1.165) is 43.0 Å². The topological polar surface area (TPSA) is 42.0 Å². The second kappa shape index (κ2) is 7.19. The maximum Gasteiger partial charge on any atom is 0.264 e. The van der Waals surface area contributed by atoms with Gasteiger partial charge in [0.05, 0.1) is 30.8 Å². The van der Waals surface area contributed by atoms with E-state index in [1.807, 2.05) is 23.1 Å². The summed E-state index contributed by atoms with van der Waals surface area (Å²) in [6.45, 7) is 6.32. The number of rotatable bonds is 3. The van der Waals surface area contributed by atoms with Crippen LogP contribution in [0.25, 0.3) is 10.1 Å². The molecule has 2 aromatic rings. The summed E-state index contributed by atoms with van der Waals surface area (Å²) < 4.78 is 12.3. The summed E-state index contributed by atoms with van der Waals surface area (Å²) in [4.78, 5) is 17.9. The molecule has 6 heteroatoms. The van der Waals surface area contributed by atoms with Crippen molar-refractivity contribution in [2.24, 2.45) is 0 Å². The van der Waals surface area contributed by atoms with Crippen LogP contribution in [0.5, 0.6) is 0 Å². The summed E-state index contributed by atoms with van der Waals surface area (Å²) in [5.74, 6) is 0.160. The van der Waals surface area contributed by atoms with Gasteiger partial charge in [0.2, 0.25) is 0 Å². The number of carbonyl (C=O) groups is 1. The van der Waals surface area contributed by atoms with Crippen LogP contribution in [0, 0.1) is 0 Å². The first-order valence-corrected chi connectivity index (χ1v) is 9.31. The Hall–Kier alpha value is -1.47. The third kappa shape index (κ3) is 3.47. The first-order chi connectivity index (χ1) is 11.8. The maximum absolute atomic E-state index is 12.7. The summed E-state index contributed by atoms with van der Waals surface area (Å²) in [6.07, 6.45) is 0.170. The zero-order valence-electron chi connectivity index (χ0n) is 13.6. The predicted octanol–water partition coefficient (Wildman–Crippen LogP) is 2.07. The summed E-state index contributed by atoms with van der Waals surface area (Å²) in [6, 6.07) is 10.2. The molecule has 0 saturated carbocycles. The van der Waals surface area contributed by atoms with E-state index in [9.17, 15) is 4.79 Å². The molecule has 5 nitrogen and oxygen atoms in total. The number of piperazine rings is 1. The fourth-order valence-electron chi connectivity index (χ4n) is 3.31. The van der Waals surface area contributed by atoms with Gasteiger partial charge in [-0.05, 0) is 17.5 Å². The second-order valence-electron chi connectivity index (χ2n) is 6.31. The molecule has 0 spiro atoms. The number of benzene rings is 1. The fraction of sp³-hybridized carbons (Fsp3) is 0.500. The van der Waals surface area contributed by atoms with Crippen molar-refractivity contribution < 1.29 is 14.3 Å². The Kier molecular flexibility index (Phi) is 4.80. The van der Waals surface area contributed by atoms with Crippen molar-refractivity contribution in [1.29, 1.82) is 0 Å². The number of hydrogen-bond donors (Lipinski definition) is 0. The highest BCUT2D eigenvalue weighted by Crippen LogP contribution is 2.26. The number of amides is 1. The smallest absolute Gasteiger partial charge is 0.264 e. The number of carbonyl (C=O) groups excluding carboxylic acids is 1. The first-order valence-electron chi connectivity index (χ1n) is 8.49. The van der Waals surface area contributed by atoms with Crippen LogP contribution in [0.15, 0.2) is 30.3 Å². The normalized spacial score (nSPS) is 22.8. The van der Waals surface area contributed by atoms with Gasteiger partial charge in [-0.15, -0.1) is 11.3 Å². The lowest BCUT2D eigenvalue weighted by atomic mass is 10.2. The number of nitrogens with zero attached hydrogens (tertiary/aromatic N) is 2. The number of thiophene rings is 1. The van der Waals surface area contributed by atoms with Gasteiger partial charge in [-0.2, -0.15) is 0 Å². The molecule has 3 heterocycles. The average molecular weight is 346 g/mol. The van der Waals surface area contributed by atoms with Crippen LogP contribution in [0.3, 0.4) is 0 Å². The molecule has 24 heavy (non-hydrogen) atoms. The minimum absolute atomic E-state index is 0.160. The van der Waals surface area contributed by atoms with Gasteiger partial charge in [0, 0.05) is 37.4 Å². The van der Waals surface area contributed by atoms with Gasteiger partial charge in [-0.25, -0.2) is 0 Å². The van der Waals surface area contributed by atoms with Gasteiger partial charge in [0.25, 0.3) is 5.91 Å². The maximum atomic E-state index is 12.7. The molecule has 2 saturated heterocycles. The Morgan fingerprint density at radius 2 is 2.00 bits per heavy atom. The van der Waals surface area contributed by atoms with E-state index in [2.05, 4.69) is 17.0 Å². The zero-order chi connectivity index (χ0) is 16.4. The molecule has 0 N–H and O–H groups in total. The van der Waals surface area contributed by atoms with E-state index in [1.54, 1.807) is 11.3 Å². The van der Waals surface area contributed by atoms with E-state index < -0.39 is 0 Å². The molecule has 1 aromatic carbocycles. The summed E-state index contributed by atoms with van der Waals surface area (Å²) >= 11 is 1.59. The Morgan fingerprint density at radius 3 is 2.75 bits per heavy atom. The summed E-state index contributed by atoms with van der Waals surface area (Å²) in [5.41, 5.74) is 0. The Balaban J connectivity index is 1.34. The average Bonchev–Trinajstić information content (AvgIpc) is 3.07.